The summed E-state index contributed by atoms with van der Waals surface area (Å²) in [7, 11) is 0. The number of ether oxygens (including phenoxy) is 1. The number of Topliss-reactive ketones (excluding diaryl/α,β-unsaturated/α-hetero) is 1. The Morgan fingerprint density at radius 2 is 1.11 bits per heavy atom. The highest BCUT2D eigenvalue weighted by Gasteiger charge is 2.26. The highest BCUT2D eigenvalue weighted by atomic mass is 31.2. The Morgan fingerprint density at radius 3 is 1.44 bits per heavy atom. The average Bonchev–Trinajstić information content (AvgIpc) is 2.72. The van der Waals surface area contributed by atoms with Crippen LogP contribution in [0.3, 0.4) is 0 Å². The number of carbonyl (C=O) groups excluding carboxylic acids is 2. The summed E-state index contributed by atoms with van der Waals surface area (Å²) in [6.45, 7) is -1.19. The van der Waals surface area contributed by atoms with E-state index in [1.54, 1.807) is 5.80 Å². The SMILES string of the molecule is CC(=O)COC(=O)C=P(c1ccccc1)(c1ccccc1)c1ccccc1. The summed E-state index contributed by atoms with van der Waals surface area (Å²) in [6.07, 6.45) is 0. The maximum absolute atomic E-state index is 12.7. The quantitative estimate of drug-likeness (QED) is 0.491. The number of hydrogen-bond donors (Lipinski definition) is 0. The minimum Gasteiger partial charge on any atom is -0.454 e. The third-order valence-corrected chi connectivity index (χ3v) is 8.14. The Bertz CT molecular complexity index is 861. The third-order valence-electron chi connectivity index (χ3n) is 4.21. The molecule has 0 aliphatic heterocycles. The zero-order chi connectivity index (χ0) is 19.1. The van der Waals surface area contributed by atoms with Crippen LogP contribution in [0.1, 0.15) is 6.92 Å². The second-order valence-corrected chi connectivity index (χ2v) is 9.42. The van der Waals surface area contributed by atoms with Gasteiger partial charge >= 0.3 is 5.97 Å². The molecule has 0 heterocycles. The second kappa shape index (κ2) is 8.66. The molecular weight excluding hydrogens is 355 g/mol. The Hall–Kier alpha value is -2.90. The van der Waals surface area contributed by atoms with E-state index in [1.807, 2.05) is 91.0 Å². The topological polar surface area (TPSA) is 43.4 Å². The molecule has 0 aliphatic rings. The van der Waals surface area contributed by atoms with Crippen molar-refractivity contribution >= 4 is 40.3 Å². The molecule has 0 radical (unpaired) electrons. The number of esters is 1. The van der Waals surface area contributed by atoms with Crippen molar-refractivity contribution in [3.63, 3.8) is 0 Å². The van der Waals surface area contributed by atoms with Crippen LogP contribution in [-0.4, -0.2) is 24.2 Å². The van der Waals surface area contributed by atoms with Crippen molar-refractivity contribution in [3.8, 4) is 0 Å². The summed E-state index contributed by atoms with van der Waals surface area (Å²) < 4.78 is 5.21. The van der Waals surface area contributed by atoms with Crippen LogP contribution < -0.4 is 15.9 Å². The number of ketones is 1. The smallest absolute Gasteiger partial charge is 0.332 e. The van der Waals surface area contributed by atoms with Gasteiger partial charge < -0.3 is 4.74 Å². The summed E-state index contributed by atoms with van der Waals surface area (Å²) in [5.41, 5.74) is 0. The molecule has 0 spiro atoms. The number of hydrogen-bond acceptors (Lipinski definition) is 3. The van der Waals surface area contributed by atoms with Gasteiger partial charge in [0.2, 0.25) is 0 Å². The van der Waals surface area contributed by atoms with Crippen LogP contribution in [0.4, 0.5) is 0 Å². The molecule has 136 valence electrons. The van der Waals surface area contributed by atoms with Gasteiger partial charge in [-0.15, -0.1) is 0 Å². The van der Waals surface area contributed by atoms with Gasteiger partial charge in [-0.1, -0.05) is 91.0 Å². The van der Waals surface area contributed by atoms with Crippen molar-refractivity contribution in [2.75, 3.05) is 6.61 Å². The van der Waals surface area contributed by atoms with Crippen molar-refractivity contribution in [1.29, 1.82) is 0 Å². The number of rotatable bonds is 6. The van der Waals surface area contributed by atoms with Gasteiger partial charge in [-0.2, -0.15) is 0 Å². The predicted octanol–water partition coefficient (Wildman–Crippen LogP) is 2.91. The van der Waals surface area contributed by atoms with E-state index in [0.717, 1.165) is 15.9 Å². The van der Waals surface area contributed by atoms with Gasteiger partial charge in [-0.25, -0.2) is 4.79 Å². The van der Waals surface area contributed by atoms with E-state index >= 15 is 0 Å². The Labute approximate surface area is 159 Å². The van der Waals surface area contributed by atoms with Gasteiger partial charge in [0, 0.05) is 5.80 Å². The minimum absolute atomic E-state index is 0.181. The fourth-order valence-electron chi connectivity index (χ4n) is 3.03. The summed E-state index contributed by atoms with van der Waals surface area (Å²) in [5.74, 6) is 1.02. The molecule has 3 aromatic carbocycles. The van der Waals surface area contributed by atoms with Crippen molar-refractivity contribution in [3.05, 3.63) is 91.0 Å². The van der Waals surface area contributed by atoms with E-state index in [0.29, 0.717) is 0 Å². The highest BCUT2D eigenvalue weighted by molar-refractivity contribution is 7.95. The molecule has 3 rings (SSSR count). The van der Waals surface area contributed by atoms with E-state index in [4.69, 9.17) is 4.74 Å². The zero-order valence-electron chi connectivity index (χ0n) is 15.1. The van der Waals surface area contributed by atoms with Crippen LogP contribution in [0, 0.1) is 0 Å². The van der Waals surface area contributed by atoms with Gasteiger partial charge in [-0.3, -0.25) is 4.79 Å². The Kier molecular flexibility index (Phi) is 6.05. The fourth-order valence-corrected chi connectivity index (χ4v) is 6.69. The van der Waals surface area contributed by atoms with Gasteiger partial charge in [-0.05, 0) is 29.7 Å². The van der Waals surface area contributed by atoms with E-state index in [-0.39, 0.29) is 12.4 Å². The third kappa shape index (κ3) is 4.27. The van der Waals surface area contributed by atoms with Crippen molar-refractivity contribution in [1.82, 2.24) is 0 Å². The van der Waals surface area contributed by atoms with Gasteiger partial charge in [0.1, 0.15) is 6.61 Å². The summed E-state index contributed by atoms with van der Waals surface area (Å²) in [4.78, 5) is 23.9. The molecule has 27 heavy (non-hydrogen) atoms. The van der Waals surface area contributed by atoms with Crippen LogP contribution in [0.2, 0.25) is 0 Å². The first-order chi connectivity index (χ1) is 13.1. The Morgan fingerprint density at radius 1 is 0.741 bits per heavy atom. The normalized spacial score (nSPS) is 10.9. The van der Waals surface area contributed by atoms with E-state index in [9.17, 15) is 9.59 Å². The standard InChI is InChI=1S/C23H21O3P/c1-19(24)17-26-23(25)18-27(20-11-5-2-6-12-20,21-13-7-3-8-14-21)22-15-9-4-10-16-22/h2-16,18H,17H2,1H3. The lowest BCUT2D eigenvalue weighted by molar-refractivity contribution is -0.140. The molecule has 0 aliphatic carbocycles. The maximum atomic E-state index is 12.7. The lowest BCUT2D eigenvalue weighted by Crippen LogP contribution is -2.29. The minimum atomic E-state index is -2.38. The van der Waals surface area contributed by atoms with Gasteiger partial charge in [0.25, 0.3) is 0 Å². The lowest BCUT2D eigenvalue weighted by atomic mass is 10.4. The monoisotopic (exact) mass is 376 g/mol. The van der Waals surface area contributed by atoms with Gasteiger partial charge in [0.15, 0.2) is 5.78 Å². The van der Waals surface area contributed by atoms with Crippen LogP contribution in [0.5, 0.6) is 0 Å². The van der Waals surface area contributed by atoms with E-state index in [1.165, 1.54) is 6.92 Å². The molecule has 0 amide bonds. The van der Waals surface area contributed by atoms with E-state index in [2.05, 4.69) is 0 Å². The van der Waals surface area contributed by atoms with E-state index < -0.39 is 12.9 Å². The maximum Gasteiger partial charge on any atom is 0.332 e. The van der Waals surface area contributed by atoms with Crippen LogP contribution in [0.25, 0.3) is 0 Å². The number of carbonyl (C=O) groups is 2. The van der Waals surface area contributed by atoms with Crippen molar-refractivity contribution < 1.29 is 14.3 Å². The summed E-state index contributed by atoms with van der Waals surface area (Å²) in [5, 5.41) is 3.17. The Balaban J connectivity index is 2.29. The first kappa shape index (κ1) is 18.9. The molecular formula is C23H21O3P. The first-order valence-electron chi connectivity index (χ1n) is 8.70. The summed E-state index contributed by atoms with van der Waals surface area (Å²) in [6, 6.07) is 30.0. The summed E-state index contributed by atoms with van der Waals surface area (Å²) >= 11 is 0. The number of benzene rings is 3. The van der Waals surface area contributed by atoms with Crippen LogP contribution >= 0.6 is 6.89 Å². The molecule has 3 aromatic rings. The van der Waals surface area contributed by atoms with Crippen molar-refractivity contribution in [2.24, 2.45) is 0 Å². The molecule has 0 atom stereocenters. The molecule has 4 heteroatoms. The second-order valence-electron chi connectivity index (χ2n) is 6.17. The lowest BCUT2D eigenvalue weighted by Gasteiger charge is -2.28. The molecule has 0 N–H and O–H groups in total. The predicted molar refractivity (Wildman–Crippen MR) is 113 cm³/mol. The molecule has 0 saturated carbocycles. The molecule has 0 aromatic heterocycles. The molecule has 0 fully saturated rings. The molecule has 0 saturated heterocycles. The molecule has 0 unspecified atom stereocenters. The van der Waals surface area contributed by atoms with Crippen LogP contribution in [-0.2, 0) is 14.3 Å². The van der Waals surface area contributed by atoms with Crippen LogP contribution in [0.15, 0.2) is 91.0 Å². The van der Waals surface area contributed by atoms with Crippen molar-refractivity contribution in [2.45, 2.75) is 6.92 Å². The molecule has 3 nitrogen and oxygen atoms in total. The van der Waals surface area contributed by atoms with Gasteiger partial charge in [0.05, 0.1) is 0 Å². The molecule has 0 bridgehead atoms. The largest absolute Gasteiger partial charge is 0.454 e. The average molecular weight is 376 g/mol. The zero-order valence-corrected chi connectivity index (χ0v) is 16.0. The fraction of sp³-hybridized carbons (Fsp3) is 0.0870. The highest BCUT2D eigenvalue weighted by Crippen LogP contribution is 2.43. The first-order valence-corrected chi connectivity index (χ1v) is 10.6.